The molecule has 0 aliphatic carbocycles. The molecule has 0 aromatic carbocycles. The molecule has 1 saturated heterocycles. The van der Waals surface area contributed by atoms with E-state index < -0.39 is 16.8 Å². The Balaban J connectivity index is 2.28. The smallest absolute Gasteiger partial charge is 0.406 e. The molecule has 0 radical (unpaired) electrons. The van der Waals surface area contributed by atoms with Crippen molar-refractivity contribution < 1.29 is 14.8 Å². The lowest BCUT2D eigenvalue weighted by Gasteiger charge is -2.31. The van der Waals surface area contributed by atoms with Crippen LogP contribution in [-0.2, 0) is 11.8 Å². The number of rotatable bonds is 3. The van der Waals surface area contributed by atoms with Gasteiger partial charge < -0.3 is 20.1 Å². The highest BCUT2D eigenvalue weighted by Crippen LogP contribution is 2.29. The van der Waals surface area contributed by atoms with E-state index in [-0.39, 0.29) is 12.4 Å². The summed E-state index contributed by atoms with van der Waals surface area (Å²) < 4.78 is 1.56. The number of anilines is 1. The molecule has 1 atom stereocenters. The molecule has 0 saturated carbocycles. The molecule has 2 rings (SSSR count). The first kappa shape index (κ1) is 12.3. The zero-order valence-electron chi connectivity index (χ0n) is 9.94. The second-order valence-electron chi connectivity index (χ2n) is 4.38. The number of carbonyl (C=O) groups is 1. The predicted molar refractivity (Wildman–Crippen MR) is 62.4 cm³/mol. The van der Waals surface area contributed by atoms with E-state index in [0.717, 1.165) is 0 Å². The lowest BCUT2D eigenvalue weighted by atomic mass is 9.98. The third kappa shape index (κ3) is 2.13. The summed E-state index contributed by atoms with van der Waals surface area (Å²) in [5.74, 6) is -1.17. The van der Waals surface area contributed by atoms with Crippen molar-refractivity contribution in [3.63, 3.8) is 0 Å². The van der Waals surface area contributed by atoms with Crippen LogP contribution < -0.4 is 4.90 Å². The monoisotopic (exact) mass is 254 g/mol. The van der Waals surface area contributed by atoms with Crippen LogP contribution in [-0.4, -0.2) is 38.6 Å². The minimum Gasteiger partial charge on any atom is -0.481 e. The van der Waals surface area contributed by atoms with Gasteiger partial charge in [-0.05, 0) is 22.7 Å². The topological polar surface area (TPSA) is 101 Å². The van der Waals surface area contributed by atoms with Gasteiger partial charge in [-0.2, -0.15) is 0 Å². The number of imidazole rings is 1. The first-order valence-corrected chi connectivity index (χ1v) is 5.64. The van der Waals surface area contributed by atoms with Crippen LogP contribution in [0, 0.1) is 16.0 Å². The molecular formula is C10H14N4O4. The van der Waals surface area contributed by atoms with Crippen molar-refractivity contribution in [2.75, 3.05) is 18.0 Å². The summed E-state index contributed by atoms with van der Waals surface area (Å²) in [4.78, 5) is 26.8. The first-order valence-electron chi connectivity index (χ1n) is 5.64. The molecule has 1 N–H and O–H groups in total. The number of carboxylic acid groups (broad SMARTS) is 1. The molecule has 1 aromatic rings. The van der Waals surface area contributed by atoms with Crippen LogP contribution in [0.3, 0.4) is 0 Å². The summed E-state index contributed by atoms with van der Waals surface area (Å²) in [5.41, 5.74) is 0. The molecule has 8 heteroatoms. The van der Waals surface area contributed by atoms with E-state index in [9.17, 15) is 14.9 Å². The molecule has 1 aromatic heterocycles. The van der Waals surface area contributed by atoms with Crippen LogP contribution in [0.25, 0.3) is 0 Å². The quantitative estimate of drug-likeness (QED) is 0.627. The number of piperidine rings is 1. The van der Waals surface area contributed by atoms with E-state index in [2.05, 4.69) is 4.98 Å². The van der Waals surface area contributed by atoms with Crippen molar-refractivity contribution in [3.05, 3.63) is 16.4 Å². The lowest BCUT2D eigenvalue weighted by molar-refractivity contribution is -0.388. The molecule has 0 bridgehead atoms. The molecule has 1 aliphatic rings. The number of aliphatic carboxylic acids is 1. The zero-order chi connectivity index (χ0) is 13.3. The van der Waals surface area contributed by atoms with Gasteiger partial charge in [-0.3, -0.25) is 9.36 Å². The van der Waals surface area contributed by atoms with E-state index in [1.807, 2.05) is 0 Å². The minimum absolute atomic E-state index is 0.219. The third-order valence-corrected chi connectivity index (χ3v) is 3.13. The average Bonchev–Trinajstić information content (AvgIpc) is 2.71. The summed E-state index contributed by atoms with van der Waals surface area (Å²) in [6.07, 6.45) is 2.69. The maximum Gasteiger partial charge on any atom is 0.406 e. The Labute approximate surface area is 103 Å². The van der Waals surface area contributed by atoms with E-state index in [1.165, 1.54) is 6.33 Å². The maximum absolute atomic E-state index is 11.0. The van der Waals surface area contributed by atoms with Crippen LogP contribution >= 0.6 is 0 Å². The standard InChI is InChI=1S/C10H14N4O4/c1-12-6-11-8(14(17)18)9(12)13-4-2-3-7(5-13)10(15)16/h6-7H,2-5H2,1H3,(H,15,16). The van der Waals surface area contributed by atoms with Gasteiger partial charge in [0.15, 0.2) is 0 Å². The van der Waals surface area contributed by atoms with Gasteiger partial charge in [-0.25, -0.2) is 0 Å². The van der Waals surface area contributed by atoms with E-state index >= 15 is 0 Å². The zero-order valence-corrected chi connectivity index (χ0v) is 9.94. The van der Waals surface area contributed by atoms with E-state index in [0.29, 0.717) is 25.2 Å². The highest BCUT2D eigenvalue weighted by molar-refractivity contribution is 5.71. The molecule has 2 heterocycles. The molecule has 98 valence electrons. The number of hydrogen-bond acceptors (Lipinski definition) is 5. The fraction of sp³-hybridized carbons (Fsp3) is 0.600. The predicted octanol–water partition coefficient (Wildman–Crippen LogP) is 0.629. The normalized spacial score (nSPS) is 19.8. The van der Waals surface area contributed by atoms with Crippen molar-refractivity contribution in [2.45, 2.75) is 12.8 Å². The number of carboxylic acids is 1. The summed E-state index contributed by atoms with van der Waals surface area (Å²) in [7, 11) is 1.67. The van der Waals surface area contributed by atoms with Crippen LogP contribution in [0.1, 0.15) is 12.8 Å². The largest absolute Gasteiger partial charge is 0.481 e. The van der Waals surface area contributed by atoms with Crippen LogP contribution in [0.5, 0.6) is 0 Å². The summed E-state index contributed by atoms with van der Waals surface area (Å²) in [6.45, 7) is 0.903. The number of hydrogen-bond donors (Lipinski definition) is 1. The first-order chi connectivity index (χ1) is 8.50. The van der Waals surface area contributed by atoms with E-state index in [4.69, 9.17) is 5.11 Å². The van der Waals surface area contributed by atoms with Gasteiger partial charge in [0.25, 0.3) is 0 Å². The number of nitrogens with zero attached hydrogens (tertiary/aromatic N) is 4. The molecule has 1 unspecified atom stereocenters. The van der Waals surface area contributed by atoms with Gasteiger partial charge in [-0.1, -0.05) is 0 Å². The van der Waals surface area contributed by atoms with Crippen molar-refractivity contribution in [1.29, 1.82) is 0 Å². The highest BCUT2D eigenvalue weighted by Gasteiger charge is 2.32. The average molecular weight is 254 g/mol. The Morgan fingerprint density at radius 3 is 3.00 bits per heavy atom. The van der Waals surface area contributed by atoms with Crippen LogP contribution in [0.15, 0.2) is 6.33 Å². The Kier molecular flexibility index (Phi) is 3.17. The summed E-state index contributed by atoms with van der Waals surface area (Å²) >= 11 is 0. The lowest BCUT2D eigenvalue weighted by Crippen LogP contribution is -2.39. The molecule has 1 aliphatic heterocycles. The Bertz CT molecular complexity index is 484. The van der Waals surface area contributed by atoms with Crippen molar-refractivity contribution >= 4 is 17.6 Å². The van der Waals surface area contributed by atoms with Crippen molar-refractivity contribution in [3.8, 4) is 0 Å². The molecule has 8 nitrogen and oxygen atoms in total. The van der Waals surface area contributed by atoms with Gasteiger partial charge in [0.2, 0.25) is 12.1 Å². The third-order valence-electron chi connectivity index (χ3n) is 3.13. The van der Waals surface area contributed by atoms with E-state index in [1.54, 1.807) is 16.5 Å². The van der Waals surface area contributed by atoms with Crippen LogP contribution in [0.2, 0.25) is 0 Å². The fourth-order valence-electron chi connectivity index (χ4n) is 2.28. The van der Waals surface area contributed by atoms with Gasteiger partial charge in [-0.15, -0.1) is 0 Å². The molecule has 18 heavy (non-hydrogen) atoms. The Morgan fingerprint density at radius 1 is 1.67 bits per heavy atom. The second-order valence-corrected chi connectivity index (χ2v) is 4.38. The maximum atomic E-state index is 11.0. The van der Waals surface area contributed by atoms with Crippen molar-refractivity contribution in [1.82, 2.24) is 9.55 Å². The SMILES string of the molecule is Cn1cnc([N+](=O)[O-])c1N1CCCC(C(=O)O)C1. The van der Waals surface area contributed by atoms with Gasteiger partial charge in [0, 0.05) is 20.1 Å². The Hall–Kier alpha value is -2.12. The number of aromatic nitrogens is 2. The molecule has 1 fully saturated rings. The number of nitro groups is 1. The summed E-state index contributed by atoms with van der Waals surface area (Å²) in [5, 5.41) is 19.9. The molecule has 0 spiro atoms. The minimum atomic E-state index is -0.857. The van der Waals surface area contributed by atoms with Crippen LogP contribution in [0.4, 0.5) is 11.6 Å². The molecular weight excluding hydrogens is 240 g/mol. The second kappa shape index (κ2) is 4.63. The molecule has 0 amide bonds. The Morgan fingerprint density at radius 2 is 2.39 bits per heavy atom. The highest BCUT2D eigenvalue weighted by atomic mass is 16.6. The van der Waals surface area contributed by atoms with Crippen molar-refractivity contribution in [2.24, 2.45) is 13.0 Å². The fourth-order valence-corrected chi connectivity index (χ4v) is 2.28. The van der Waals surface area contributed by atoms with Gasteiger partial charge in [0.1, 0.15) is 0 Å². The van der Waals surface area contributed by atoms with Gasteiger partial charge >= 0.3 is 11.8 Å². The summed E-state index contributed by atoms with van der Waals surface area (Å²) in [6, 6.07) is 0. The number of aryl methyl sites for hydroxylation is 1. The van der Waals surface area contributed by atoms with Gasteiger partial charge in [0.05, 0.1) is 5.92 Å².